The molecule has 0 aliphatic carbocycles. The summed E-state index contributed by atoms with van der Waals surface area (Å²) in [5.41, 5.74) is 9.65. The molecule has 11 heteroatoms. The minimum absolute atomic E-state index is 0.0199. The van der Waals surface area contributed by atoms with E-state index in [1.165, 1.54) is 33.5 Å². The molecular weight excluding hydrogens is 444 g/mol. The Morgan fingerprint density at radius 2 is 1.53 bits per heavy atom. The van der Waals surface area contributed by atoms with Gasteiger partial charge in [0.25, 0.3) is 5.91 Å². The van der Waals surface area contributed by atoms with Gasteiger partial charge in [-0.1, -0.05) is 13.8 Å². The molecule has 188 valence electrons. The van der Waals surface area contributed by atoms with Crippen LogP contribution in [-0.2, 0) is 14.4 Å². The molecule has 11 nitrogen and oxygen atoms in total. The van der Waals surface area contributed by atoms with Gasteiger partial charge in [-0.3, -0.25) is 30.0 Å². The second kappa shape index (κ2) is 11.6. The fourth-order valence-electron chi connectivity index (χ4n) is 3.89. The number of hydrogen-bond acceptors (Lipinski definition) is 7. The van der Waals surface area contributed by atoms with Gasteiger partial charge < -0.3 is 24.8 Å². The average Bonchev–Trinajstić information content (AvgIpc) is 2.80. The summed E-state index contributed by atoms with van der Waals surface area (Å²) in [4.78, 5) is 50.7. The maximum Gasteiger partial charge on any atom is 0.269 e. The number of rotatable bonds is 9. The fraction of sp³-hybridized carbons (Fsp3) is 0.565. The van der Waals surface area contributed by atoms with Crippen molar-refractivity contribution in [1.29, 1.82) is 0 Å². The summed E-state index contributed by atoms with van der Waals surface area (Å²) in [6.07, 6.45) is 1.28. The lowest BCUT2D eigenvalue weighted by atomic mass is 9.84. The molecule has 1 heterocycles. The normalized spacial score (nSPS) is 14.2. The van der Waals surface area contributed by atoms with Crippen LogP contribution in [0, 0.1) is 11.3 Å². The minimum Gasteiger partial charge on any atom is -0.493 e. The van der Waals surface area contributed by atoms with Crippen molar-refractivity contribution < 1.29 is 33.4 Å². The number of carbonyl (C=O) groups is 4. The first-order valence-electron chi connectivity index (χ1n) is 11.0. The van der Waals surface area contributed by atoms with Gasteiger partial charge in [0.15, 0.2) is 11.5 Å². The van der Waals surface area contributed by atoms with Gasteiger partial charge in [0.1, 0.15) is 0 Å². The first-order chi connectivity index (χ1) is 16.0. The van der Waals surface area contributed by atoms with E-state index in [0.29, 0.717) is 43.2 Å². The van der Waals surface area contributed by atoms with Crippen LogP contribution in [0.2, 0.25) is 0 Å². The van der Waals surface area contributed by atoms with Crippen molar-refractivity contribution in [3.05, 3.63) is 17.7 Å². The molecule has 34 heavy (non-hydrogen) atoms. The number of nitrogens with one attached hydrogen (secondary N) is 2. The zero-order valence-corrected chi connectivity index (χ0v) is 20.4. The Kier molecular flexibility index (Phi) is 9.11. The lowest BCUT2D eigenvalue weighted by molar-refractivity contribution is -0.137. The first-order valence-corrected chi connectivity index (χ1v) is 11.0. The highest BCUT2D eigenvalue weighted by molar-refractivity contribution is 5.96. The van der Waals surface area contributed by atoms with Crippen molar-refractivity contribution in [3.8, 4) is 17.2 Å². The van der Waals surface area contributed by atoms with Crippen molar-refractivity contribution in [2.75, 3.05) is 34.4 Å². The van der Waals surface area contributed by atoms with E-state index in [1.54, 1.807) is 4.90 Å². The number of primary amides is 1. The topological polar surface area (TPSA) is 149 Å². The lowest BCUT2D eigenvalue weighted by Gasteiger charge is -2.33. The molecule has 2 rings (SSSR count). The second-order valence-corrected chi connectivity index (χ2v) is 8.99. The molecule has 0 saturated carbocycles. The number of piperidine rings is 1. The molecule has 0 atom stereocenters. The highest BCUT2D eigenvalue weighted by atomic mass is 16.5. The van der Waals surface area contributed by atoms with Crippen LogP contribution in [0.4, 0.5) is 0 Å². The van der Waals surface area contributed by atoms with Crippen LogP contribution in [0.3, 0.4) is 0 Å². The molecule has 1 fully saturated rings. The number of benzene rings is 1. The van der Waals surface area contributed by atoms with Crippen molar-refractivity contribution in [2.45, 2.75) is 39.5 Å². The number of hydrazine groups is 1. The Labute approximate surface area is 199 Å². The van der Waals surface area contributed by atoms with Gasteiger partial charge in [-0.05, 0) is 30.4 Å². The van der Waals surface area contributed by atoms with Gasteiger partial charge in [-0.2, -0.15) is 0 Å². The number of amides is 4. The lowest BCUT2D eigenvalue weighted by Crippen LogP contribution is -2.45. The molecule has 1 aromatic carbocycles. The molecule has 4 N–H and O–H groups in total. The van der Waals surface area contributed by atoms with Gasteiger partial charge in [-0.25, -0.2) is 0 Å². The quantitative estimate of drug-likeness (QED) is 0.448. The molecule has 0 aromatic heterocycles. The Morgan fingerprint density at radius 3 is 2.00 bits per heavy atom. The summed E-state index contributed by atoms with van der Waals surface area (Å²) in [6.45, 7) is 4.56. The third kappa shape index (κ3) is 7.00. The van der Waals surface area contributed by atoms with Crippen molar-refractivity contribution in [1.82, 2.24) is 15.8 Å². The molecule has 0 radical (unpaired) electrons. The predicted octanol–water partition coefficient (Wildman–Crippen LogP) is 1.00. The van der Waals surface area contributed by atoms with Crippen molar-refractivity contribution in [3.63, 3.8) is 0 Å². The minimum atomic E-state index is -0.640. The van der Waals surface area contributed by atoms with Crippen LogP contribution in [0.5, 0.6) is 17.2 Å². The van der Waals surface area contributed by atoms with Crippen molar-refractivity contribution in [2.24, 2.45) is 17.1 Å². The van der Waals surface area contributed by atoms with E-state index < -0.39 is 17.2 Å². The summed E-state index contributed by atoms with van der Waals surface area (Å²) in [5, 5.41) is 0. The van der Waals surface area contributed by atoms with Crippen LogP contribution in [0.25, 0.3) is 0 Å². The molecule has 1 aliphatic rings. The molecular formula is C23H34N4O7. The maximum absolute atomic E-state index is 12.7. The Balaban J connectivity index is 1.89. The van der Waals surface area contributed by atoms with Crippen molar-refractivity contribution >= 4 is 23.6 Å². The summed E-state index contributed by atoms with van der Waals surface area (Å²) in [5.74, 6) is -0.673. The number of hydrogen-bond donors (Lipinski definition) is 3. The van der Waals surface area contributed by atoms with E-state index in [1.807, 2.05) is 13.8 Å². The van der Waals surface area contributed by atoms with E-state index in [2.05, 4.69) is 10.9 Å². The molecule has 4 amide bonds. The smallest absolute Gasteiger partial charge is 0.269 e. The van der Waals surface area contributed by atoms with E-state index in [4.69, 9.17) is 19.9 Å². The van der Waals surface area contributed by atoms with Gasteiger partial charge in [0.2, 0.25) is 23.5 Å². The number of carbonyl (C=O) groups excluding carboxylic acids is 4. The monoisotopic (exact) mass is 478 g/mol. The standard InChI is InChI=1S/C23H34N4O7/c1-23(2,13-19(29)27-8-6-14(7-9-27)21(24)30)12-18(28)25-26-22(31)15-10-16(32-3)20(34-5)17(11-15)33-4/h10-11,14H,6-9,12-13H2,1-5H3,(H2,24,30)(H,25,28)(H,26,31). The summed E-state index contributed by atoms with van der Waals surface area (Å²) < 4.78 is 15.7. The number of nitrogens with two attached hydrogens (primary N) is 1. The fourth-order valence-corrected chi connectivity index (χ4v) is 3.89. The average molecular weight is 479 g/mol. The summed E-state index contributed by atoms with van der Waals surface area (Å²) in [7, 11) is 4.32. The largest absolute Gasteiger partial charge is 0.493 e. The third-order valence-electron chi connectivity index (χ3n) is 5.76. The number of nitrogens with zero attached hydrogens (tertiary/aromatic N) is 1. The zero-order valence-electron chi connectivity index (χ0n) is 20.4. The predicted molar refractivity (Wildman–Crippen MR) is 123 cm³/mol. The van der Waals surface area contributed by atoms with Crippen LogP contribution in [0.15, 0.2) is 12.1 Å². The van der Waals surface area contributed by atoms with Crippen LogP contribution < -0.4 is 30.8 Å². The molecule has 0 unspecified atom stereocenters. The number of methoxy groups -OCH3 is 3. The zero-order chi connectivity index (χ0) is 25.5. The highest BCUT2D eigenvalue weighted by Crippen LogP contribution is 2.38. The first kappa shape index (κ1) is 26.7. The molecule has 0 bridgehead atoms. The second-order valence-electron chi connectivity index (χ2n) is 8.99. The van der Waals surface area contributed by atoms with Gasteiger partial charge >= 0.3 is 0 Å². The third-order valence-corrected chi connectivity index (χ3v) is 5.76. The van der Waals surface area contributed by atoms with E-state index in [0.717, 1.165) is 0 Å². The summed E-state index contributed by atoms with van der Waals surface area (Å²) in [6, 6.07) is 2.93. The molecule has 1 saturated heterocycles. The van der Waals surface area contributed by atoms with Crippen LogP contribution in [0.1, 0.15) is 49.9 Å². The van der Waals surface area contributed by atoms with Gasteiger partial charge in [-0.15, -0.1) is 0 Å². The number of ether oxygens (including phenoxy) is 3. The van der Waals surface area contributed by atoms with Crippen LogP contribution >= 0.6 is 0 Å². The molecule has 1 aromatic rings. The highest BCUT2D eigenvalue weighted by Gasteiger charge is 2.31. The van der Waals surface area contributed by atoms with E-state index in [9.17, 15) is 19.2 Å². The van der Waals surface area contributed by atoms with Crippen LogP contribution in [-0.4, -0.2) is 62.9 Å². The van der Waals surface area contributed by atoms with Gasteiger partial charge in [0, 0.05) is 37.4 Å². The summed E-state index contributed by atoms with van der Waals surface area (Å²) >= 11 is 0. The Morgan fingerprint density at radius 1 is 0.971 bits per heavy atom. The van der Waals surface area contributed by atoms with Gasteiger partial charge in [0.05, 0.1) is 21.3 Å². The SMILES string of the molecule is COc1cc(C(=O)NNC(=O)CC(C)(C)CC(=O)N2CCC(C(N)=O)CC2)cc(OC)c1OC. The Hall–Kier alpha value is -3.50. The maximum atomic E-state index is 12.7. The number of likely N-dealkylation sites (tertiary alicyclic amines) is 1. The van der Waals surface area contributed by atoms with E-state index >= 15 is 0 Å². The van der Waals surface area contributed by atoms with E-state index in [-0.39, 0.29) is 36.1 Å². The molecule has 0 spiro atoms. The Bertz CT molecular complexity index is 899. The molecule has 1 aliphatic heterocycles.